The van der Waals surface area contributed by atoms with E-state index in [0.717, 1.165) is 37.9 Å². The van der Waals surface area contributed by atoms with E-state index in [2.05, 4.69) is 46.0 Å². The lowest BCUT2D eigenvalue weighted by atomic mass is 9.92. The Balaban J connectivity index is 0.911. The number of hydrogen-bond acceptors (Lipinski definition) is 16. The number of nitrogens with one attached hydrogen (secondary N) is 4. The molecule has 3 amide bonds. The number of methoxy groups -OCH3 is 2. The van der Waals surface area contributed by atoms with Crippen molar-refractivity contribution in [3.05, 3.63) is 60.2 Å². The Bertz CT molecular complexity index is 2070. The van der Waals surface area contributed by atoms with Crippen LogP contribution in [0.2, 0.25) is 0 Å². The van der Waals surface area contributed by atoms with Crippen LogP contribution in [-0.4, -0.2) is 145 Å². The summed E-state index contributed by atoms with van der Waals surface area (Å²) in [5.41, 5.74) is 10.5. The van der Waals surface area contributed by atoms with Crippen molar-refractivity contribution in [2.75, 3.05) is 34.0 Å². The molecule has 2 saturated heterocycles. The molecule has 0 saturated carbocycles. The third-order valence-electron chi connectivity index (χ3n) is 10.5. The molecule has 326 valence electrons. The first-order chi connectivity index (χ1) is 28.9. The van der Waals surface area contributed by atoms with Gasteiger partial charge in [-0.2, -0.15) is 0 Å². The van der Waals surface area contributed by atoms with Crippen LogP contribution in [0.25, 0.3) is 32.3 Å². The highest BCUT2D eigenvalue weighted by molar-refractivity contribution is 6.23. The quantitative estimate of drug-likeness (QED) is 0.0364. The van der Waals surface area contributed by atoms with Gasteiger partial charge in [-0.1, -0.05) is 54.6 Å². The molecule has 4 aromatic carbocycles. The van der Waals surface area contributed by atoms with E-state index in [9.17, 15) is 39.6 Å². The molecule has 20 nitrogen and oxygen atoms in total. The van der Waals surface area contributed by atoms with Gasteiger partial charge in [0.1, 0.15) is 62.0 Å². The second kappa shape index (κ2) is 20.6. The van der Waals surface area contributed by atoms with Crippen LogP contribution in [-0.2, 0) is 54.1 Å². The number of carboxylic acid groups (broad SMARTS) is 1. The van der Waals surface area contributed by atoms with Gasteiger partial charge >= 0.3 is 12.1 Å². The number of aliphatic hydroxyl groups is 4. The Hall–Kier alpha value is -4.84. The Morgan fingerprint density at radius 1 is 0.683 bits per heavy atom. The molecule has 6 rings (SSSR count). The summed E-state index contributed by atoms with van der Waals surface area (Å²) in [5.74, 6) is -2.19. The molecule has 0 radical (unpaired) electrons. The summed E-state index contributed by atoms with van der Waals surface area (Å²) in [6, 6.07) is 18.2. The fourth-order valence-corrected chi connectivity index (χ4v) is 7.46. The predicted molar refractivity (Wildman–Crippen MR) is 209 cm³/mol. The molecule has 0 aliphatic carbocycles. The average Bonchev–Trinajstić information content (AvgIpc) is 3.24. The predicted octanol–water partition coefficient (Wildman–Crippen LogP) is 0.0638. The highest BCUT2D eigenvalue weighted by Crippen LogP contribution is 2.36. The molecular weight excluding hydrogens is 792 g/mol. The number of ether oxygens (including phenoxy) is 7. The van der Waals surface area contributed by atoms with Crippen LogP contribution in [0.3, 0.4) is 0 Å². The lowest BCUT2D eigenvalue weighted by molar-refractivity contribution is -0.356. The minimum absolute atomic E-state index is 0.00498. The summed E-state index contributed by atoms with van der Waals surface area (Å²) in [7, 11) is 2.49. The van der Waals surface area contributed by atoms with E-state index in [-0.39, 0.29) is 32.6 Å². The number of carboxylic acids is 1. The molecule has 2 aliphatic heterocycles. The summed E-state index contributed by atoms with van der Waals surface area (Å²) in [6.07, 6.45) is -14.5. The lowest BCUT2D eigenvalue weighted by Crippen LogP contribution is -2.65. The van der Waals surface area contributed by atoms with Crippen LogP contribution in [0, 0.1) is 0 Å². The van der Waals surface area contributed by atoms with Crippen molar-refractivity contribution >= 4 is 56.2 Å². The third kappa shape index (κ3) is 10.5. The number of benzene rings is 4. The summed E-state index contributed by atoms with van der Waals surface area (Å²) in [6.45, 7) is -1.25. The molecule has 20 heteroatoms. The molecule has 2 heterocycles. The molecule has 0 bridgehead atoms. The van der Waals surface area contributed by atoms with E-state index >= 15 is 0 Å². The summed E-state index contributed by atoms with van der Waals surface area (Å²) >= 11 is 0. The van der Waals surface area contributed by atoms with E-state index in [4.69, 9.17) is 38.3 Å². The summed E-state index contributed by atoms with van der Waals surface area (Å²) in [4.78, 5) is 48.3. The van der Waals surface area contributed by atoms with Crippen molar-refractivity contribution in [2.24, 2.45) is 0 Å². The van der Waals surface area contributed by atoms with Crippen LogP contribution in [0.15, 0.2) is 54.6 Å². The number of unbranched alkanes of at least 4 members (excludes halogenated alkanes) is 1. The van der Waals surface area contributed by atoms with E-state index in [1.54, 1.807) is 0 Å². The van der Waals surface area contributed by atoms with E-state index in [1.807, 2.05) is 30.3 Å². The molecule has 60 heavy (non-hydrogen) atoms. The second-order valence-corrected chi connectivity index (χ2v) is 14.5. The number of aliphatic hydroxyl groups excluding tert-OH is 4. The Labute approximate surface area is 343 Å². The van der Waals surface area contributed by atoms with Gasteiger partial charge in [-0.15, -0.1) is 0 Å². The van der Waals surface area contributed by atoms with Gasteiger partial charge < -0.3 is 58.7 Å². The first-order valence-electron chi connectivity index (χ1n) is 19.3. The van der Waals surface area contributed by atoms with Crippen molar-refractivity contribution in [3.8, 4) is 0 Å². The van der Waals surface area contributed by atoms with Crippen LogP contribution in [0.4, 0.5) is 4.79 Å². The summed E-state index contributed by atoms with van der Waals surface area (Å²) in [5, 5.41) is 58.4. The van der Waals surface area contributed by atoms with Crippen molar-refractivity contribution in [1.29, 1.82) is 0 Å². The Morgan fingerprint density at radius 2 is 1.30 bits per heavy atom. The number of carbonyl (C=O) groups is 4. The molecular formula is C40H50N4O16. The molecule has 4 aromatic rings. The summed E-state index contributed by atoms with van der Waals surface area (Å²) < 4.78 is 38.2. The van der Waals surface area contributed by atoms with Gasteiger partial charge in [-0.3, -0.25) is 20.4 Å². The van der Waals surface area contributed by atoms with Crippen molar-refractivity contribution < 1.29 is 77.9 Å². The van der Waals surface area contributed by atoms with Gasteiger partial charge in [-0.25, -0.2) is 20.4 Å². The maximum Gasteiger partial charge on any atom is 0.426 e. The molecule has 10 unspecified atom stereocenters. The number of aliphatic carboxylic acids is 1. The van der Waals surface area contributed by atoms with Crippen LogP contribution in [0.1, 0.15) is 31.2 Å². The molecule has 0 spiro atoms. The zero-order chi connectivity index (χ0) is 42.9. The first-order valence-corrected chi connectivity index (χ1v) is 19.3. The maximum absolute atomic E-state index is 12.6. The zero-order valence-corrected chi connectivity index (χ0v) is 32.9. The van der Waals surface area contributed by atoms with Crippen molar-refractivity contribution in [1.82, 2.24) is 21.7 Å². The number of amides is 3. The fraction of sp³-hybridized carbons (Fsp3) is 0.500. The number of carbonyl (C=O) groups excluding carboxylic acids is 3. The lowest BCUT2D eigenvalue weighted by Gasteiger charge is -2.46. The molecule has 2 aliphatic rings. The van der Waals surface area contributed by atoms with Gasteiger partial charge in [0.2, 0.25) is 11.8 Å². The number of hydrazine groups is 2. The SMILES string of the molecule is COC1OC(CNNC(=O)CCCCC(=O)NNC(=O)OCc2ccc3ccc4cccc5ccc2c3c45)C(OC2OC(COCC(=O)O)C(OC)C(O)C2O)C(O)C1O. The second-order valence-electron chi connectivity index (χ2n) is 14.5. The van der Waals surface area contributed by atoms with Gasteiger partial charge in [0.25, 0.3) is 0 Å². The van der Waals surface area contributed by atoms with Crippen LogP contribution >= 0.6 is 0 Å². The molecule has 0 aromatic heterocycles. The van der Waals surface area contributed by atoms with Crippen molar-refractivity contribution in [2.45, 2.75) is 93.7 Å². The zero-order valence-electron chi connectivity index (χ0n) is 32.9. The first kappa shape index (κ1) is 44.7. The highest BCUT2D eigenvalue weighted by atomic mass is 16.7. The minimum atomic E-state index is -1.72. The van der Waals surface area contributed by atoms with E-state index in [0.29, 0.717) is 12.8 Å². The molecule has 10 atom stereocenters. The van der Waals surface area contributed by atoms with Crippen LogP contribution < -0.4 is 21.7 Å². The largest absolute Gasteiger partial charge is 0.480 e. The van der Waals surface area contributed by atoms with Gasteiger partial charge in [0, 0.05) is 33.6 Å². The average molecular weight is 843 g/mol. The highest BCUT2D eigenvalue weighted by Gasteiger charge is 2.51. The van der Waals surface area contributed by atoms with E-state index in [1.165, 1.54) is 14.2 Å². The standard InChI is InChI=1S/C40H50N4O16/c1-54-36-26(18-56-19-29(47)48)59-39(35(52)32(36)49)60-37-25(58-38(55-2)34(51)33(37)50)16-41-42-27(45)8-3-4-9-28(46)43-44-40(53)57-17-23-13-12-22-11-10-20-6-5-7-21-14-15-24(23)31(22)30(20)21/h5-7,10-15,25-26,32-39,41,49-52H,3-4,8-9,16-19H2,1-2H3,(H,42,45)(H,43,46)(H,44,53)(H,47,48). The van der Waals surface area contributed by atoms with E-state index < -0.39 is 91.9 Å². The van der Waals surface area contributed by atoms with Gasteiger partial charge in [0.05, 0.1) is 6.61 Å². The molecule has 9 N–H and O–H groups in total. The third-order valence-corrected chi connectivity index (χ3v) is 10.5. The number of rotatable bonds is 18. The Morgan fingerprint density at radius 3 is 1.98 bits per heavy atom. The van der Waals surface area contributed by atoms with Crippen LogP contribution in [0.5, 0.6) is 0 Å². The normalized spacial score (nSPS) is 26.9. The molecule has 2 fully saturated rings. The van der Waals surface area contributed by atoms with Gasteiger partial charge in [0.15, 0.2) is 12.6 Å². The monoisotopic (exact) mass is 842 g/mol. The Kier molecular flexibility index (Phi) is 15.4. The maximum atomic E-state index is 12.6. The topological polar surface area (TPSA) is 282 Å². The smallest absolute Gasteiger partial charge is 0.426 e. The van der Waals surface area contributed by atoms with Crippen molar-refractivity contribution in [3.63, 3.8) is 0 Å². The number of hydrogen-bond donors (Lipinski definition) is 9. The fourth-order valence-electron chi connectivity index (χ4n) is 7.46. The minimum Gasteiger partial charge on any atom is -0.480 e. The van der Waals surface area contributed by atoms with Gasteiger partial charge in [-0.05, 0) is 50.7 Å².